The van der Waals surface area contributed by atoms with Crippen molar-refractivity contribution in [3.8, 4) is 11.3 Å². The predicted molar refractivity (Wildman–Crippen MR) is 120 cm³/mol. The minimum Gasteiger partial charge on any atom is -0.463 e. The fourth-order valence-electron chi connectivity index (χ4n) is 5.44. The maximum Gasteiger partial charge on any atom is 0.302 e. The molecule has 1 unspecified atom stereocenters. The molecule has 1 atom stereocenters. The summed E-state index contributed by atoms with van der Waals surface area (Å²) in [6.07, 6.45) is 9.89. The van der Waals surface area contributed by atoms with Crippen LogP contribution in [0.4, 0.5) is 4.39 Å². The number of nitrogens with zero attached hydrogens (tertiary/aromatic N) is 2. The number of imidazole rings is 1. The van der Waals surface area contributed by atoms with E-state index in [1.54, 1.807) is 12.1 Å². The van der Waals surface area contributed by atoms with E-state index < -0.39 is 0 Å². The Balaban J connectivity index is 1.43. The Morgan fingerprint density at radius 2 is 2.03 bits per heavy atom. The second-order valence-electron chi connectivity index (χ2n) is 8.55. The van der Waals surface area contributed by atoms with Gasteiger partial charge in [-0.1, -0.05) is 12.1 Å². The molecule has 3 aliphatic rings. The molecule has 1 saturated heterocycles. The predicted octanol–water partition coefficient (Wildman–Crippen LogP) is 5.67. The van der Waals surface area contributed by atoms with Crippen LogP contribution < -0.4 is 0 Å². The number of halogens is 1. The highest BCUT2D eigenvalue weighted by molar-refractivity contribution is 8.18. The molecule has 0 amide bonds. The minimum atomic E-state index is -0.180. The van der Waals surface area contributed by atoms with Crippen LogP contribution >= 0.6 is 23.5 Å². The van der Waals surface area contributed by atoms with E-state index in [4.69, 9.17) is 4.74 Å². The van der Waals surface area contributed by atoms with Gasteiger partial charge in [0.2, 0.25) is 0 Å². The summed E-state index contributed by atoms with van der Waals surface area (Å²) < 4.78 is 22.7. The van der Waals surface area contributed by atoms with Gasteiger partial charge < -0.3 is 9.30 Å². The first-order valence-electron chi connectivity index (χ1n) is 10.8. The summed E-state index contributed by atoms with van der Waals surface area (Å²) in [4.78, 5) is 15.7. The van der Waals surface area contributed by atoms with E-state index in [0.29, 0.717) is 5.92 Å². The molecule has 1 aromatic carbocycles. The number of rotatable bonds is 4. The Morgan fingerprint density at radius 3 is 2.77 bits per heavy atom. The smallest absolute Gasteiger partial charge is 0.302 e. The maximum atomic E-state index is 15.0. The molecule has 0 spiro atoms. The van der Waals surface area contributed by atoms with E-state index in [9.17, 15) is 9.18 Å². The number of benzene rings is 1. The van der Waals surface area contributed by atoms with Gasteiger partial charge in [-0.3, -0.25) is 4.79 Å². The van der Waals surface area contributed by atoms with Crippen LogP contribution in [0.2, 0.25) is 0 Å². The largest absolute Gasteiger partial charge is 0.463 e. The van der Waals surface area contributed by atoms with Crippen LogP contribution in [0, 0.1) is 11.7 Å². The second kappa shape index (κ2) is 8.23. The highest BCUT2D eigenvalue weighted by Gasteiger charge is 2.47. The number of fused-ring (bicyclic) bond motifs is 3. The lowest BCUT2D eigenvalue weighted by atomic mass is 9.82. The Kier molecular flexibility index (Phi) is 5.60. The van der Waals surface area contributed by atoms with Crippen LogP contribution in [-0.4, -0.2) is 37.2 Å². The fraction of sp³-hybridized carbons (Fsp3) is 0.565. The Labute approximate surface area is 185 Å². The number of carbonyl (C=O) groups is 1. The number of carbonyl (C=O) groups excluding carboxylic acids is 1. The summed E-state index contributed by atoms with van der Waals surface area (Å²) in [5.41, 5.74) is 2.83. The summed E-state index contributed by atoms with van der Waals surface area (Å²) >= 11 is 4.15. The Morgan fingerprint density at radius 1 is 1.27 bits per heavy atom. The van der Waals surface area contributed by atoms with Crippen LogP contribution in [0.1, 0.15) is 57.1 Å². The number of ether oxygens (including phenoxy) is 1. The first-order valence-corrected chi connectivity index (χ1v) is 12.8. The Bertz CT molecular complexity index is 933. The van der Waals surface area contributed by atoms with Gasteiger partial charge in [-0.15, -0.1) is 23.5 Å². The molecule has 1 aliphatic carbocycles. The van der Waals surface area contributed by atoms with Gasteiger partial charge in [0.15, 0.2) is 0 Å². The topological polar surface area (TPSA) is 44.1 Å². The van der Waals surface area contributed by atoms with E-state index in [0.717, 1.165) is 60.4 Å². The molecule has 3 heterocycles. The second-order valence-corrected chi connectivity index (χ2v) is 11.7. The number of aromatic nitrogens is 2. The van der Waals surface area contributed by atoms with Gasteiger partial charge in [-0.2, -0.15) is 0 Å². The maximum absolute atomic E-state index is 15.0. The lowest BCUT2D eigenvalue weighted by Crippen LogP contribution is -2.40. The van der Waals surface area contributed by atoms with Gasteiger partial charge in [0.25, 0.3) is 0 Å². The fourth-order valence-corrected chi connectivity index (χ4v) is 9.21. The van der Waals surface area contributed by atoms with Crippen LogP contribution in [0.3, 0.4) is 0 Å². The molecule has 1 saturated carbocycles. The van der Waals surface area contributed by atoms with Crippen LogP contribution in [0.25, 0.3) is 11.3 Å². The molecule has 0 radical (unpaired) electrons. The highest BCUT2D eigenvalue weighted by atomic mass is 32.2. The Hall–Kier alpha value is -1.47. The molecular formula is C23H27FN2O2S2. The van der Waals surface area contributed by atoms with Gasteiger partial charge in [0, 0.05) is 18.1 Å². The van der Waals surface area contributed by atoms with Crippen molar-refractivity contribution < 1.29 is 13.9 Å². The number of hydrogen-bond acceptors (Lipinski definition) is 5. The third-order valence-electron chi connectivity index (χ3n) is 6.75. The van der Waals surface area contributed by atoms with Crippen molar-refractivity contribution in [3.63, 3.8) is 0 Å². The van der Waals surface area contributed by atoms with Gasteiger partial charge in [-0.25, -0.2) is 9.37 Å². The third-order valence-corrected chi connectivity index (χ3v) is 10.4. The van der Waals surface area contributed by atoms with Crippen LogP contribution in [0.5, 0.6) is 0 Å². The first kappa shape index (κ1) is 20.4. The lowest BCUT2D eigenvalue weighted by Gasteiger charge is -2.46. The summed E-state index contributed by atoms with van der Waals surface area (Å²) in [5, 5.41) is 0. The van der Waals surface area contributed by atoms with Gasteiger partial charge in [0.1, 0.15) is 11.9 Å². The number of hydrogen-bond donors (Lipinski definition) is 0. The zero-order chi connectivity index (χ0) is 20.7. The molecular weight excluding hydrogens is 419 g/mol. The summed E-state index contributed by atoms with van der Waals surface area (Å²) in [5.74, 6) is 2.57. The molecule has 1 aromatic heterocycles. The number of thioether (sulfide) groups is 2. The standard InChI is InChI=1S/C23H27FN2O2S2/c1-15(27)28-17-8-6-16(7-9-17)23(29-10-3-11-30-23)12-20-22-18(4-2-5-19(22)24)21-13-25-14-26(20)21/h2,4-5,13-14,16-17,20H,3,6-12H2,1H3. The normalized spacial score (nSPS) is 27.3. The van der Waals surface area contributed by atoms with E-state index >= 15 is 0 Å². The van der Waals surface area contributed by atoms with Crippen molar-refractivity contribution in [2.45, 2.75) is 61.7 Å². The average Bonchev–Trinajstić information content (AvgIpc) is 3.32. The molecule has 5 rings (SSSR count). The van der Waals surface area contributed by atoms with Gasteiger partial charge in [0.05, 0.1) is 28.3 Å². The minimum absolute atomic E-state index is 0.0111. The molecule has 2 fully saturated rings. The van der Waals surface area contributed by atoms with Crippen molar-refractivity contribution in [3.05, 3.63) is 42.1 Å². The van der Waals surface area contributed by atoms with Crippen molar-refractivity contribution in [2.24, 2.45) is 5.92 Å². The molecule has 2 aromatic rings. The first-order chi connectivity index (χ1) is 14.6. The lowest BCUT2D eigenvalue weighted by molar-refractivity contribution is -0.148. The summed E-state index contributed by atoms with van der Waals surface area (Å²) in [7, 11) is 0. The zero-order valence-electron chi connectivity index (χ0n) is 17.2. The van der Waals surface area contributed by atoms with E-state index in [1.807, 2.05) is 18.6 Å². The van der Waals surface area contributed by atoms with Crippen LogP contribution in [-0.2, 0) is 9.53 Å². The van der Waals surface area contributed by atoms with Crippen molar-refractivity contribution in [1.82, 2.24) is 9.55 Å². The van der Waals surface area contributed by atoms with Gasteiger partial charge in [-0.05, 0) is 62.0 Å². The van der Waals surface area contributed by atoms with E-state index in [2.05, 4.69) is 33.1 Å². The quantitative estimate of drug-likeness (QED) is 0.566. The molecule has 0 N–H and O–H groups in total. The van der Waals surface area contributed by atoms with Crippen molar-refractivity contribution in [1.29, 1.82) is 0 Å². The van der Waals surface area contributed by atoms with Crippen LogP contribution in [0.15, 0.2) is 30.7 Å². The van der Waals surface area contributed by atoms with E-state index in [1.165, 1.54) is 13.3 Å². The van der Waals surface area contributed by atoms with Crippen molar-refractivity contribution in [2.75, 3.05) is 11.5 Å². The highest BCUT2D eigenvalue weighted by Crippen LogP contribution is 2.58. The molecule has 4 nitrogen and oxygen atoms in total. The monoisotopic (exact) mass is 446 g/mol. The SMILES string of the molecule is CC(=O)OC1CCC(C2(CC3c4c(F)cccc4-c4cncn43)SCCCS2)CC1. The van der Waals surface area contributed by atoms with Crippen molar-refractivity contribution >= 4 is 29.5 Å². The molecule has 0 bridgehead atoms. The number of esters is 1. The summed E-state index contributed by atoms with van der Waals surface area (Å²) in [6.45, 7) is 1.50. The van der Waals surface area contributed by atoms with Gasteiger partial charge >= 0.3 is 5.97 Å². The molecule has 30 heavy (non-hydrogen) atoms. The molecule has 160 valence electrons. The van der Waals surface area contributed by atoms with E-state index in [-0.39, 0.29) is 28.0 Å². The molecule has 7 heteroatoms. The summed E-state index contributed by atoms with van der Waals surface area (Å²) in [6, 6.07) is 5.39. The third kappa shape index (κ3) is 3.58. The average molecular weight is 447 g/mol. The molecule has 2 aliphatic heterocycles. The zero-order valence-corrected chi connectivity index (χ0v) is 18.8.